The fourth-order valence-electron chi connectivity index (χ4n) is 1.83. The van der Waals surface area contributed by atoms with Gasteiger partial charge in [0.1, 0.15) is 11.5 Å². The normalized spacial score (nSPS) is 10.4. The quantitative estimate of drug-likeness (QED) is 0.742. The third kappa shape index (κ3) is 4.16. The number of hydrogen-bond acceptors (Lipinski definition) is 4. The van der Waals surface area contributed by atoms with Gasteiger partial charge in [0.05, 0.1) is 13.7 Å². The van der Waals surface area contributed by atoms with Gasteiger partial charge in [0.25, 0.3) is 0 Å². The summed E-state index contributed by atoms with van der Waals surface area (Å²) in [6, 6.07) is 3.86. The van der Waals surface area contributed by atoms with Crippen molar-refractivity contribution in [1.29, 1.82) is 0 Å². The number of benzene rings is 1. The van der Waals surface area contributed by atoms with Crippen LogP contribution < -0.4 is 9.47 Å². The number of carbonyl (C=O) groups excluding carboxylic acids is 1. The Bertz CT molecular complexity index is 438. The summed E-state index contributed by atoms with van der Waals surface area (Å²) in [4.78, 5) is 11.3. The Morgan fingerprint density at radius 2 is 1.95 bits per heavy atom. The van der Waals surface area contributed by atoms with E-state index in [0.29, 0.717) is 18.3 Å². The third-order valence-electron chi connectivity index (χ3n) is 2.80. The molecule has 0 saturated carbocycles. The molecule has 0 bridgehead atoms. The molecule has 106 valence electrons. The Kier molecular flexibility index (Phi) is 5.67. The standard InChI is InChI=1S/C15H22O4/c1-6-18-15(16)9-19-14-8-13(17-5)11(4)7-12(14)10(2)3/h7-8,10H,6,9H2,1-5H3. The number of carbonyl (C=O) groups is 1. The van der Waals surface area contributed by atoms with Crippen molar-refractivity contribution in [3.05, 3.63) is 23.3 Å². The van der Waals surface area contributed by atoms with Crippen molar-refractivity contribution in [2.45, 2.75) is 33.6 Å². The summed E-state index contributed by atoms with van der Waals surface area (Å²) in [7, 11) is 1.62. The molecule has 19 heavy (non-hydrogen) atoms. The lowest BCUT2D eigenvalue weighted by molar-refractivity contribution is -0.145. The van der Waals surface area contributed by atoms with Gasteiger partial charge >= 0.3 is 5.97 Å². The molecule has 0 aliphatic heterocycles. The van der Waals surface area contributed by atoms with Gasteiger partial charge < -0.3 is 14.2 Å². The summed E-state index contributed by atoms with van der Waals surface area (Å²) >= 11 is 0. The molecule has 0 heterocycles. The van der Waals surface area contributed by atoms with Crippen LogP contribution in [0.3, 0.4) is 0 Å². The van der Waals surface area contributed by atoms with Gasteiger partial charge in [-0.05, 0) is 37.0 Å². The zero-order valence-corrected chi connectivity index (χ0v) is 12.3. The first kappa shape index (κ1) is 15.3. The number of esters is 1. The molecule has 0 aliphatic rings. The molecule has 0 aromatic heterocycles. The molecule has 0 atom stereocenters. The highest BCUT2D eigenvalue weighted by Gasteiger charge is 2.13. The predicted molar refractivity (Wildman–Crippen MR) is 73.9 cm³/mol. The molecule has 0 unspecified atom stereocenters. The van der Waals surface area contributed by atoms with Crippen LogP contribution in [-0.2, 0) is 9.53 Å². The second-order valence-electron chi connectivity index (χ2n) is 4.61. The zero-order valence-electron chi connectivity index (χ0n) is 12.3. The molecule has 1 aromatic rings. The summed E-state index contributed by atoms with van der Waals surface area (Å²) in [6.45, 7) is 8.19. The van der Waals surface area contributed by atoms with Gasteiger partial charge in [-0.1, -0.05) is 13.8 Å². The first-order valence-corrected chi connectivity index (χ1v) is 6.46. The molecular formula is C15H22O4. The Morgan fingerprint density at radius 3 is 2.47 bits per heavy atom. The minimum atomic E-state index is -0.364. The van der Waals surface area contributed by atoms with Gasteiger partial charge in [-0.2, -0.15) is 0 Å². The lowest BCUT2D eigenvalue weighted by atomic mass is 9.99. The van der Waals surface area contributed by atoms with E-state index in [9.17, 15) is 4.79 Å². The maximum atomic E-state index is 11.3. The van der Waals surface area contributed by atoms with Gasteiger partial charge in [-0.25, -0.2) is 4.79 Å². The van der Waals surface area contributed by atoms with Crippen LogP contribution in [0.25, 0.3) is 0 Å². The van der Waals surface area contributed by atoms with E-state index in [2.05, 4.69) is 13.8 Å². The lowest BCUT2D eigenvalue weighted by Crippen LogP contribution is -2.15. The maximum Gasteiger partial charge on any atom is 0.344 e. The number of aryl methyl sites for hydroxylation is 1. The van der Waals surface area contributed by atoms with Crippen LogP contribution in [0, 0.1) is 6.92 Å². The van der Waals surface area contributed by atoms with Crippen molar-refractivity contribution >= 4 is 5.97 Å². The number of hydrogen-bond donors (Lipinski definition) is 0. The van der Waals surface area contributed by atoms with Gasteiger partial charge in [0, 0.05) is 6.07 Å². The highest BCUT2D eigenvalue weighted by Crippen LogP contribution is 2.33. The molecule has 0 aliphatic carbocycles. The Morgan fingerprint density at radius 1 is 1.26 bits per heavy atom. The van der Waals surface area contributed by atoms with Crippen LogP contribution in [0.1, 0.15) is 37.8 Å². The van der Waals surface area contributed by atoms with Crippen LogP contribution >= 0.6 is 0 Å². The van der Waals surface area contributed by atoms with Crippen molar-refractivity contribution in [3.8, 4) is 11.5 Å². The molecule has 0 saturated heterocycles. The monoisotopic (exact) mass is 266 g/mol. The number of ether oxygens (including phenoxy) is 3. The van der Waals surface area contributed by atoms with E-state index in [1.165, 1.54) is 0 Å². The average molecular weight is 266 g/mol. The molecule has 0 fully saturated rings. The predicted octanol–water partition coefficient (Wildman–Crippen LogP) is 3.07. The zero-order chi connectivity index (χ0) is 14.4. The Hall–Kier alpha value is -1.71. The van der Waals surface area contributed by atoms with Crippen molar-refractivity contribution in [3.63, 3.8) is 0 Å². The summed E-state index contributed by atoms with van der Waals surface area (Å²) in [5.41, 5.74) is 2.11. The Labute approximate surface area is 114 Å². The van der Waals surface area contributed by atoms with Crippen LogP contribution in [0.4, 0.5) is 0 Å². The lowest BCUT2D eigenvalue weighted by Gasteiger charge is -2.16. The second kappa shape index (κ2) is 7.02. The molecule has 0 spiro atoms. The molecule has 0 amide bonds. The van der Waals surface area contributed by atoms with E-state index >= 15 is 0 Å². The van der Waals surface area contributed by atoms with Crippen molar-refractivity contribution < 1.29 is 19.0 Å². The van der Waals surface area contributed by atoms with E-state index in [1.807, 2.05) is 19.1 Å². The highest BCUT2D eigenvalue weighted by atomic mass is 16.6. The minimum Gasteiger partial charge on any atom is -0.496 e. The van der Waals surface area contributed by atoms with E-state index in [-0.39, 0.29) is 12.6 Å². The first-order valence-electron chi connectivity index (χ1n) is 6.46. The smallest absolute Gasteiger partial charge is 0.344 e. The summed E-state index contributed by atoms with van der Waals surface area (Å²) < 4.78 is 15.7. The molecule has 1 aromatic carbocycles. The molecule has 0 radical (unpaired) electrons. The first-order chi connectivity index (χ1) is 8.99. The Balaban J connectivity index is 2.93. The van der Waals surface area contributed by atoms with Gasteiger partial charge in [-0.3, -0.25) is 0 Å². The molecule has 4 nitrogen and oxygen atoms in total. The molecular weight excluding hydrogens is 244 g/mol. The van der Waals surface area contributed by atoms with Crippen LogP contribution in [0.5, 0.6) is 11.5 Å². The van der Waals surface area contributed by atoms with E-state index in [1.54, 1.807) is 14.0 Å². The van der Waals surface area contributed by atoms with E-state index < -0.39 is 0 Å². The van der Waals surface area contributed by atoms with Crippen molar-refractivity contribution in [2.75, 3.05) is 20.3 Å². The maximum absolute atomic E-state index is 11.3. The van der Waals surface area contributed by atoms with Gasteiger partial charge in [0.15, 0.2) is 6.61 Å². The largest absolute Gasteiger partial charge is 0.496 e. The SMILES string of the molecule is CCOC(=O)COc1cc(OC)c(C)cc1C(C)C. The van der Waals surface area contributed by atoms with Crippen molar-refractivity contribution in [1.82, 2.24) is 0 Å². The second-order valence-corrected chi connectivity index (χ2v) is 4.61. The van der Waals surface area contributed by atoms with Gasteiger partial charge in [0.2, 0.25) is 0 Å². The fraction of sp³-hybridized carbons (Fsp3) is 0.533. The fourth-order valence-corrected chi connectivity index (χ4v) is 1.83. The van der Waals surface area contributed by atoms with Crippen LogP contribution in [-0.4, -0.2) is 26.3 Å². The third-order valence-corrected chi connectivity index (χ3v) is 2.80. The number of methoxy groups -OCH3 is 1. The highest BCUT2D eigenvalue weighted by molar-refractivity contribution is 5.71. The summed E-state index contributed by atoms with van der Waals surface area (Å²) in [5.74, 6) is 1.37. The van der Waals surface area contributed by atoms with Gasteiger partial charge in [-0.15, -0.1) is 0 Å². The number of rotatable bonds is 6. The van der Waals surface area contributed by atoms with Crippen LogP contribution in [0.15, 0.2) is 12.1 Å². The van der Waals surface area contributed by atoms with E-state index in [4.69, 9.17) is 14.2 Å². The molecule has 0 N–H and O–H groups in total. The topological polar surface area (TPSA) is 44.8 Å². The summed E-state index contributed by atoms with van der Waals surface area (Å²) in [5, 5.41) is 0. The molecule has 4 heteroatoms. The summed E-state index contributed by atoms with van der Waals surface area (Å²) in [6.07, 6.45) is 0. The molecule has 1 rings (SSSR count). The van der Waals surface area contributed by atoms with E-state index in [0.717, 1.165) is 16.9 Å². The average Bonchev–Trinajstić information content (AvgIpc) is 2.37. The van der Waals surface area contributed by atoms with Crippen molar-refractivity contribution in [2.24, 2.45) is 0 Å². The minimum absolute atomic E-state index is 0.0836. The van der Waals surface area contributed by atoms with Crippen LogP contribution in [0.2, 0.25) is 0 Å².